The van der Waals surface area contributed by atoms with Gasteiger partial charge in [0.1, 0.15) is 4.99 Å². The minimum Gasteiger partial charge on any atom is -0.389 e. The monoisotopic (exact) mass is 317 g/mol. The van der Waals surface area contributed by atoms with Crippen LogP contribution in [0.5, 0.6) is 0 Å². The van der Waals surface area contributed by atoms with Crippen molar-refractivity contribution < 1.29 is 13.2 Å². The fraction of sp³-hybridized carbons (Fsp3) is 0.500. The Bertz CT molecular complexity index is 511. The van der Waals surface area contributed by atoms with Crippen LogP contribution in [0.4, 0.5) is 18.9 Å². The fourth-order valence-electron chi connectivity index (χ4n) is 2.47. The van der Waals surface area contributed by atoms with Crippen molar-refractivity contribution in [2.45, 2.75) is 19.0 Å². The van der Waals surface area contributed by atoms with Gasteiger partial charge in [-0.1, -0.05) is 12.2 Å². The SMILES string of the molecule is NC(=S)c1ccc(NCCN2CCCC2)cc1C(F)(F)F. The summed E-state index contributed by atoms with van der Waals surface area (Å²) in [7, 11) is 0. The number of hydrogen-bond acceptors (Lipinski definition) is 3. The third kappa shape index (κ3) is 4.31. The zero-order valence-electron chi connectivity index (χ0n) is 11.5. The van der Waals surface area contributed by atoms with Gasteiger partial charge in [-0.2, -0.15) is 13.2 Å². The van der Waals surface area contributed by atoms with Crippen LogP contribution in [-0.4, -0.2) is 36.1 Å². The second kappa shape index (κ2) is 6.62. The van der Waals surface area contributed by atoms with Crippen LogP contribution in [0, 0.1) is 0 Å². The molecular weight excluding hydrogens is 299 g/mol. The average molecular weight is 317 g/mol. The molecule has 1 aliphatic rings. The summed E-state index contributed by atoms with van der Waals surface area (Å²) < 4.78 is 39.0. The number of alkyl halides is 3. The van der Waals surface area contributed by atoms with E-state index in [1.165, 1.54) is 18.9 Å². The zero-order valence-corrected chi connectivity index (χ0v) is 12.4. The average Bonchev–Trinajstić information content (AvgIpc) is 2.90. The van der Waals surface area contributed by atoms with E-state index in [4.69, 9.17) is 5.73 Å². The summed E-state index contributed by atoms with van der Waals surface area (Å²) in [6, 6.07) is 3.97. The summed E-state index contributed by atoms with van der Waals surface area (Å²) in [4.78, 5) is 2.05. The third-order valence-corrected chi connectivity index (χ3v) is 3.77. The Labute approximate surface area is 127 Å². The third-order valence-electron chi connectivity index (χ3n) is 3.55. The molecule has 1 fully saturated rings. The van der Waals surface area contributed by atoms with Gasteiger partial charge >= 0.3 is 6.18 Å². The molecule has 0 spiro atoms. The number of nitrogens with two attached hydrogens (primary N) is 1. The molecule has 0 bridgehead atoms. The van der Waals surface area contributed by atoms with E-state index >= 15 is 0 Å². The highest BCUT2D eigenvalue weighted by molar-refractivity contribution is 7.80. The second-order valence-corrected chi connectivity index (χ2v) is 5.54. The topological polar surface area (TPSA) is 41.3 Å². The van der Waals surface area contributed by atoms with E-state index in [0.717, 1.165) is 25.7 Å². The minimum atomic E-state index is -4.47. The molecule has 0 radical (unpaired) electrons. The highest BCUT2D eigenvalue weighted by Gasteiger charge is 2.34. The van der Waals surface area contributed by atoms with Crippen molar-refractivity contribution in [3.63, 3.8) is 0 Å². The van der Waals surface area contributed by atoms with Gasteiger partial charge in [-0.05, 0) is 44.1 Å². The van der Waals surface area contributed by atoms with Crippen LogP contribution in [0.1, 0.15) is 24.0 Å². The Morgan fingerprint density at radius 3 is 2.52 bits per heavy atom. The van der Waals surface area contributed by atoms with Gasteiger partial charge in [0.2, 0.25) is 0 Å². The normalized spacial score (nSPS) is 16.1. The second-order valence-electron chi connectivity index (χ2n) is 5.10. The molecule has 1 aromatic rings. The van der Waals surface area contributed by atoms with Gasteiger partial charge in [0.05, 0.1) is 5.56 Å². The zero-order chi connectivity index (χ0) is 15.5. The molecular formula is C14H18F3N3S. The van der Waals surface area contributed by atoms with Crippen molar-refractivity contribution in [3.8, 4) is 0 Å². The molecule has 3 nitrogen and oxygen atoms in total. The van der Waals surface area contributed by atoms with Gasteiger partial charge in [0, 0.05) is 24.3 Å². The molecule has 0 atom stereocenters. The van der Waals surface area contributed by atoms with Gasteiger partial charge in [-0.25, -0.2) is 0 Å². The Morgan fingerprint density at radius 2 is 1.95 bits per heavy atom. The van der Waals surface area contributed by atoms with E-state index < -0.39 is 11.7 Å². The number of nitrogens with one attached hydrogen (secondary N) is 1. The summed E-state index contributed by atoms with van der Waals surface area (Å²) in [6.45, 7) is 3.58. The Hall–Kier alpha value is -1.34. The van der Waals surface area contributed by atoms with Crippen molar-refractivity contribution in [2.75, 3.05) is 31.5 Å². The van der Waals surface area contributed by atoms with E-state index in [9.17, 15) is 13.2 Å². The Balaban J connectivity index is 2.04. The van der Waals surface area contributed by atoms with Gasteiger partial charge < -0.3 is 16.0 Å². The predicted molar refractivity (Wildman–Crippen MR) is 81.5 cm³/mol. The van der Waals surface area contributed by atoms with Crippen molar-refractivity contribution in [1.29, 1.82) is 0 Å². The quantitative estimate of drug-likeness (QED) is 0.820. The smallest absolute Gasteiger partial charge is 0.389 e. The van der Waals surface area contributed by atoms with Crippen LogP contribution in [0.2, 0.25) is 0 Å². The summed E-state index contributed by atoms with van der Waals surface area (Å²) in [6.07, 6.45) is -2.08. The number of benzene rings is 1. The molecule has 3 N–H and O–H groups in total. The van der Waals surface area contributed by atoms with E-state index in [-0.39, 0.29) is 10.6 Å². The summed E-state index contributed by atoms with van der Waals surface area (Å²) >= 11 is 4.67. The molecule has 1 heterocycles. The number of halogens is 3. The largest absolute Gasteiger partial charge is 0.417 e. The lowest BCUT2D eigenvalue weighted by molar-refractivity contribution is -0.137. The van der Waals surface area contributed by atoms with Gasteiger partial charge in [-0.15, -0.1) is 0 Å². The lowest BCUT2D eigenvalue weighted by Crippen LogP contribution is -2.26. The van der Waals surface area contributed by atoms with Gasteiger partial charge in [-0.3, -0.25) is 0 Å². The van der Waals surface area contributed by atoms with Crippen molar-refractivity contribution >= 4 is 22.9 Å². The Morgan fingerprint density at radius 1 is 1.29 bits per heavy atom. The van der Waals surface area contributed by atoms with Crippen molar-refractivity contribution in [2.24, 2.45) is 5.73 Å². The van der Waals surface area contributed by atoms with Crippen molar-refractivity contribution in [1.82, 2.24) is 4.90 Å². The van der Waals surface area contributed by atoms with Crippen LogP contribution in [0.15, 0.2) is 18.2 Å². The highest BCUT2D eigenvalue weighted by Crippen LogP contribution is 2.33. The lowest BCUT2D eigenvalue weighted by atomic mass is 10.1. The van der Waals surface area contributed by atoms with Gasteiger partial charge in [0.25, 0.3) is 0 Å². The molecule has 1 aliphatic heterocycles. The number of anilines is 1. The molecule has 1 saturated heterocycles. The van der Waals surface area contributed by atoms with Crippen LogP contribution >= 0.6 is 12.2 Å². The predicted octanol–water partition coefficient (Wildman–Crippen LogP) is 2.85. The molecule has 116 valence electrons. The molecule has 0 amide bonds. The summed E-state index contributed by atoms with van der Waals surface area (Å²) in [5.41, 5.74) is 4.85. The number of likely N-dealkylation sites (tertiary alicyclic amines) is 1. The van der Waals surface area contributed by atoms with Crippen LogP contribution in [-0.2, 0) is 6.18 Å². The first-order chi connectivity index (χ1) is 9.88. The van der Waals surface area contributed by atoms with Crippen LogP contribution < -0.4 is 11.1 Å². The van der Waals surface area contributed by atoms with E-state index in [1.54, 1.807) is 6.07 Å². The first kappa shape index (κ1) is 16.0. The van der Waals surface area contributed by atoms with Crippen molar-refractivity contribution in [3.05, 3.63) is 29.3 Å². The maximum Gasteiger partial charge on any atom is 0.417 e. The minimum absolute atomic E-state index is 0.136. The summed E-state index contributed by atoms with van der Waals surface area (Å²) in [5.74, 6) is 0. The Kier molecular flexibility index (Phi) is 5.05. The molecule has 0 aliphatic carbocycles. The highest BCUT2D eigenvalue weighted by atomic mass is 32.1. The molecule has 0 aromatic heterocycles. The number of thiocarbonyl (C=S) groups is 1. The van der Waals surface area contributed by atoms with Gasteiger partial charge in [0.15, 0.2) is 0 Å². The summed E-state index contributed by atoms with van der Waals surface area (Å²) in [5, 5.41) is 3.02. The maximum atomic E-state index is 13.0. The maximum absolute atomic E-state index is 13.0. The number of rotatable bonds is 5. The molecule has 0 saturated carbocycles. The lowest BCUT2D eigenvalue weighted by Gasteiger charge is -2.17. The molecule has 21 heavy (non-hydrogen) atoms. The standard InChI is InChI=1S/C14H18F3N3S/c15-14(16,17)12-9-10(3-4-11(12)13(18)21)19-5-8-20-6-1-2-7-20/h3-4,9,19H,1-2,5-8H2,(H2,18,21). The molecule has 1 aromatic carbocycles. The number of hydrogen-bond donors (Lipinski definition) is 2. The van der Waals surface area contributed by atoms with E-state index in [1.807, 2.05) is 0 Å². The van der Waals surface area contributed by atoms with Crippen LogP contribution in [0.25, 0.3) is 0 Å². The number of nitrogens with zero attached hydrogens (tertiary/aromatic N) is 1. The molecule has 0 unspecified atom stereocenters. The first-order valence-corrected chi connectivity index (χ1v) is 7.26. The first-order valence-electron chi connectivity index (χ1n) is 6.85. The van der Waals surface area contributed by atoms with E-state index in [2.05, 4.69) is 22.4 Å². The molecule has 2 rings (SSSR count). The molecule has 7 heteroatoms. The fourth-order valence-corrected chi connectivity index (χ4v) is 2.65. The van der Waals surface area contributed by atoms with E-state index in [0.29, 0.717) is 12.2 Å². The van der Waals surface area contributed by atoms with Crippen LogP contribution in [0.3, 0.4) is 0 Å².